The zero-order valence-electron chi connectivity index (χ0n) is 15.1. The highest BCUT2D eigenvalue weighted by atomic mass is 16.5. The van der Waals surface area contributed by atoms with Crippen molar-refractivity contribution in [3.05, 3.63) is 96.1 Å². The molecule has 3 aromatic carbocycles. The molecule has 27 heavy (non-hydrogen) atoms. The molecule has 0 heterocycles. The molecule has 136 valence electrons. The summed E-state index contributed by atoms with van der Waals surface area (Å²) < 4.78 is 11.2. The van der Waals surface area contributed by atoms with E-state index in [1.807, 2.05) is 78.9 Å². The fraction of sp³-hybridized carbons (Fsp3) is 0.0870. The topological polar surface area (TPSA) is 47.6 Å². The van der Waals surface area contributed by atoms with Crippen LogP contribution >= 0.6 is 0 Å². The second kappa shape index (κ2) is 9.25. The highest BCUT2D eigenvalue weighted by Crippen LogP contribution is 2.25. The van der Waals surface area contributed by atoms with E-state index >= 15 is 0 Å². The molecule has 0 fully saturated rings. The van der Waals surface area contributed by atoms with Gasteiger partial charge in [-0.2, -0.15) is 0 Å². The van der Waals surface area contributed by atoms with E-state index in [9.17, 15) is 4.79 Å². The maximum Gasteiger partial charge on any atom is 0.248 e. The molecule has 0 aromatic heterocycles. The van der Waals surface area contributed by atoms with Crippen molar-refractivity contribution in [1.29, 1.82) is 0 Å². The molecule has 0 radical (unpaired) electrons. The Hall–Kier alpha value is -3.53. The van der Waals surface area contributed by atoms with Gasteiger partial charge in [0, 0.05) is 11.6 Å². The van der Waals surface area contributed by atoms with Crippen LogP contribution < -0.4 is 14.8 Å². The molecular formula is C23H21NO3. The smallest absolute Gasteiger partial charge is 0.248 e. The molecule has 1 amide bonds. The first-order valence-corrected chi connectivity index (χ1v) is 8.64. The van der Waals surface area contributed by atoms with Gasteiger partial charge in [-0.15, -0.1) is 0 Å². The van der Waals surface area contributed by atoms with Gasteiger partial charge in [-0.05, 0) is 29.8 Å². The standard InChI is InChI=1S/C23H21NO3/c1-26-21-13-7-5-11-19(21)15-16-23(25)24-20-12-6-8-14-22(20)27-17-18-9-3-2-4-10-18/h2-16H,17H2,1H3,(H,24,25)/b16-15+. The summed E-state index contributed by atoms with van der Waals surface area (Å²) in [6.45, 7) is 0.435. The third kappa shape index (κ3) is 5.22. The first-order chi connectivity index (χ1) is 13.3. The monoisotopic (exact) mass is 359 g/mol. The molecule has 0 aliphatic rings. The summed E-state index contributed by atoms with van der Waals surface area (Å²) in [6.07, 6.45) is 3.20. The number of carbonyl (C=O) groups excluding carboxylic acids is 1. The van der Waals surface area contributed by atoms with Crippen LogP contribution in [0.4, 0.5) is 5.69 Å². The molecule has 0 atom stereocenters. The van der Waals surface area contributed by atoms with Gasteiger partial charge in [-0.25, -0.2) is 0 Å². The average Bonchev–Trinajstić information content (AvgIpc) is 2.72. The number of hydrogen-bond donors (Lipinski definition) is 1. The van der Waals surface area contributed by atoms with Crippen LogP contribution in [0.1, 0.15) is 11.1 Å². The largest absolute Gasteiger partial charge is 0.496 e. The van der Waals surface area contributed by atoms with Crippen molar-refractivity contribution in [3.8, 4) is 11.5 Å². The number of amides is 1. The minimum atomic E-state index is -0.239. The van der Waals surface area contributed by atoms with Gasteiger partial charge in [0.1, 0.15) is 18.1 Å². The maximum atomic E-state index is 12.3. The molecule has 1 N–H and O–H groups in total. The van der Waals surface area contributed by atoms with Crippen molar-refractivity contribution in [1.82, 2.24) is 0 Å². The summed E-state index contributed by atoms with van der Waals surface area (Å²) >= 11 is 0. The van der Waals surface area contributed by atoms with Crippen molar-refractivity contribution in [3.63, 3.8) is 0 Å². The zero-order chi connectivity index (χ0) is 18.9. The lowest BCUT2D eigenvalue weighted by atomic mass is 10.2. The fourth-order valence-corrected chi connectivity index (χ4v) is 2.58. The summed E-state index contributed by atoms with van der Waals surface area (Å²) in [5.74, 6) is 1.10. The first kappa shape index (κ1) is 18.3. The molecule has 0 saturated heterocycles. The van der Waals surface area contributed by atoms with Gasteiger partial charge in [0.25, 0.3) is 0 Å². The lowest BCUT2D eigenvalue weighted by Crippen LogP contribution is -2.09. The van der Waals surface area contributed by atoms with Crippen LogP contribution in [0.5, 0.6) is 11.5 Å². The lowest BCUT2D eigenvalue weighted by Gasteiger charge is -2.11. The molecule has 0 aliphatic carbocycles. The van der Waals surface area contributed by atoms with Gasteiger partial charge in [-0.1, -0.05) is 60.7 Å². The Balaban J connectivity index is 1.66. The molecule has 0 aliphatic heterocycles. The number of carbonyl (C=O) groups is 1. The highest BCUT2D eigenvalue weighted by molar-refractivity contribution is 6.02. The van der Waals surface area contributed by atoms with Gasteiger partial charge in [-0.3, -0.25) is 4.79 Å². The van der Waals surface area contributed by atoms with E-state index in [1.54, 1.807) is 13.2 Å². The van der Waals surface area contributed by atoms with Crippen LogP contribution in [0.2, 0.25) is 0 Å². The van der Waals surface area contributed by atoms with E-state index in [0.29, 0.717) is 23.8 Å². The molecule has 0 bridgehead atoms. The van der Waals surface area contributed by atoms with Crippen LogP contribution in [-0.2, 0) is 11.4 Å². The Labute approximate surface area is 159 Å². The number of benzene rings is 3. The van der Waals surface area contributed by atoms with E-state index in [4.69, 9.17) is 9.47 Å². The lowest BCUT2D eigenvalue weighted by molar-refractivity contribution is -0.111. The van der Waals surface area contributed by atoms with Crippen molar-refractivity contribution in [2.45, 2.75) is 6.61 Å². The number of anilines is 1. The number of hydrogen-bond acceptors (Lipinski definition) is 3. The SMILES string of the molecule is COc1ccccc1/C=C/C(=O)Nc1ccccc1OCc1ccccc1. The molecule has 0 unspecified atom stereocenters. The Bertz CT molecular complexity index is 920. The first-order valence-electron chi connectivity index (χ1n) is 8.64. The number of methoxy groups -OCH3 is 1. The van der Waals surface area contributed by atoms with Gasteiger partial charge < -0.3 is 14.8 Å². The van der Waals surface area contributed by atoms with Gasteiger partial charge >= 0.3 is 0 Å². The van der Waals surface area contributed by atoms with E-state index in [2.05, 4.69) is 5.32 Å². The van der Waals surface area contributed by atoms with Gasteiger partial charge in [0.05, 0.1) is 12.8 Å². The minimum Gasteiger partial charge on any atom is -0.496 e. The fourth-order valence-electron chi connectivity index (χ4n) is 2.58. The second-order valence-electron chi connectivity index (χ2n) is 5.83. The van der Waals surface area contributed by atoms with Crippen molar-refractivity contribution < 1.29 is 14.3 Å². The van der Waals surface area contributed by atoms with E-state index < -0.39 is 0 Å². The van der Waals surface area contributed by atoms with Crippen LogP contribution in [0.25, 0.3) is 6.08 Å². The van der Waals surface area contributed by atoms with Gasteiger partial charge in [0.15, 0.2) is 0 Å². The summed E-state index contributed by atoms with van der Waals surface area (Å²) in [6, 6.07) is 24.8. The molecule has 0 saturated carbocycles. The maximum absolute atomic E-state index is 12.3. The Kier molecular flexibility index (Phi) is 6.26. The zero-order valence-corrected chi connectivity index (χ0v) is 15.1. The molecule has 4 heteroatoms. The highest BCUT2D eigenvalue weighted by Gasteiger charge is 2.06. The van der Waals surface area contributed by atoms with Crippen LogP contribution in [0.15, 0.2) is 84.9 Å². The average molecular weight is 359 g/mol. The van der Waals surface area contributed by atoms with Crippen molar-refractivity contribution in [2.75, 3.05) is 12.4 Å². The predicted octanol–water partition coefficient (Wildman–Crippen LogP) is 4.93. The summed E-state index contributed by atoms with van der Waals surface area (Å²) in [4.78, 5) is 12.3. The Morgan fingerprint density at radius 3 is 2.33 bits per heavy atom. The quantitative estimate of drug-likeness (QED) is 0.609. The molecule has 4 nitrogen and oxygen atoms in total. The molecule has 0 spiro atoms. The normalized spacial score (nSPS) is 10.6. The Morgan fingerprint density at radius 1 is 0.889 bits per heavy atom. The summed E-state index contributed by atoms with van der Waals surface area (Å²) in [5, 5.41) is 2.86. The van der Waals surface area contributed by atoms with Crippen molar-refractivity contribution >= 4 is 17.7 Å². The number of para-hydroxylation sites is 3. The number of ether oxygens (including phenoxy) is 2. The third-order valence-electron chi connectivity index (χ3n) is 3.94. The molecule has 3 rings (SSSR count). The van der Waals surface area contributed by atoms with Gasteiger partial charge in [0.2, 0.25) is 5.91 Å². The summed E-state index contributed by atoms with van der Waals surface area (Å²) in [5.41, 5.74) is 2.53. The molecule has 3 aromatic rings. The Morgan fingerprint density at radius 2 is 1.56 bits per heavy atom. The van der Waals surface area contributed by atoms with Crippen LogP contribution in [0, 0.1) is 0 Å². The van der Waals surface area contributed by atoms with Crippen LogP contribution in [-0.4, -0.2) is 13.0 Å². The minimum absolute atomic E-state index is 0.239. The third-order valence-corrected chi connectivity index (χ3v) is 3.94. The summed E-state index contributed by atoms with van der Waals surface area (Å²) in [7, 11) is 1.60. The second-order valence-corrected chi connectivity index (χ2v) is 5.83. The van der Waals surface area contributed by atoms with Crippen molar-refractivity contribution in [2.24, 2.45) is 0 Å². The number of rotatable bonds is 7. The number of nitrogens with one attached hydrogen (secondary N) is 1. The predicted molar refractivity (Wildman–Crippen MR) is 108 cm³/mol. The van der Waals surface area contributed by atoms with E-state index in [-0.39, 0.29) is 5.91 Å². The van der Waals surface area contributed by atoms with E-state index in [1.165, 1.54) is 6.08 Å². The van der Waals surface area contributed by atoms with E-state index in [0.717, 1.165) is 11.1 Å². The molecular weight excluding hydrogens is 338 g/mol. The van der Waals surface area contributed by atoms with Crippen LogP contribution in [0.3, 0.4) is 0 Å².